The summed E-state index contributed by atoms with van der Waals surface area (Å²) in [5.41, 5.74) is 9.89. The number of thiophene rings is 1. The molecule has 9 aromatic rings. The Morgan fingerprint density at radius 1 is 0.554 bits per heavy atom. The predicted octanol–water partition coefficient (Wildman–Crippen LogP) is 11.6. The molecule has 0 saturated carbocycles. The molecule has 11 rings (SSSR count). The van der Waals surface area contributed by atoms with Gasteiger partial charge in [-0.05, 0) is 70.4 Å². The zero-order valence-electron chi connectivity index (χ0n) is 30.5. The highest BCUT2D eigenvalue weighted by molar-refractivity contribution is 7.17. The Morgan fingerprint density at radius 3 is 1.89 bits per heavy atom. The van der Waals surface area contributed by atoms with Crippen molar-refractivity contribution < 1.29 is 4.42 Å². The summed E-state index contributed by atoms with van der Waals surface area (Å²) in [5.74, 6) is 3.68. The average Bonchev–Trinajstić information content (AvgIpc) is 3.85. The summed E-state index contributed by atoms with van der Waals surface area (Å²) < 4.78 is 9.31. The van der Waals surface area contributed by atoms with Gasteiger partial charge in [0, 0.05) is 42.3 Å². The van der Waals surface area contributed by atoms with Gasteiger partial charge < -0.3 is 4.42 Å². The molecule has 3 heterocycles. The third kappa shape index (κ3) is 5.71. The number of fused-ring (bicyclic) bond motifs is 6. The summed E-state index contributed by atoms with van der Waals surface area (Å²) in [6, 6.07) is 52.8. The molecule has 4 nitrogen and oxygen atoms in total. The number of benzene rings is 6. The molecule has 0 bridgehead atoms. The summed E-state index contributed by atoms with van der Waals surface area (Å²) in [4.78, 5) is 14.9. The van der Waals surface area contributed by atoms with E-state index < -0.39 is 0 Å². The standard InChI is InChI=1S/C51H35N3OS/c1-4-13-32(14-5-1)40-22-11-23-42-41-27-25-36(31-46(41)56-48(40)42)35-26-28-44-43(30-35)47-39(21-12-24-45(47)55-44)37-19-10-20-38(29-37)51-53-49(33-15-6-2-7-16-33)52-50(54-51)34-17-8-3-9-18-34/h1-24,26-29,31,35-36H,25,30H2. The molecule has 56 heavy (non-hydrogen) atoms. The molecule has 266 valence electrons. The third-order valence-electron chi connectivity index (χ3n) is 11.3. The lowest BCUT2D eigenvalue weighted by atomic mass is 9.79. The third-order valence-corrected chi connectivity index (χ3v) is 12.5. The second-order valence-electron chi connectivity index (χ2n) is 14.7. The molecule has 3 aromatic heterocycles. The smallest absolute Gasteiger partial charge is 0.164 e. The van der Waals surface area contributed by atoms with Crippen molar-refractivity contribution in [1.82, 2.24) is 15.0 Å². The first-order valence-corrected chi connectivity index (χ1v) is 20.0. The summed E-state index contributed by atoms with van der Waals surface area (Å²) in [6.45, 7) is 0. The fourth-order valence-electron chi connectivity index (χ4n) is 8.53. The van der Waals surface area contributed by atoms with Crippen LogP contribution in [0.2, 0.25) is 0 Å². The van der Waals surface area contributed by atoms with Crippen molar-refractivity contribution in [3.8, 4) is 56.4 Å². The van der Waals surface area contributed by atoms with Crippen LogP contribution in [0.1, 0.15) is 17.7 Å². The Bertz CT molecular complexity index is 3030. The first kappa shape index (κ1) is 32.7. The topological polar surface area (TPSA) is 51.8 Å². The van der Waals surface area contributed by atoms with E-state index in [0.717, 1.165) is 52.0 Å². The Hall–Kier alpha value is -6.69. The van der Waals surface area contributed by atoms with E-state index >= 15 is 0 Å². The highest BCUT2D eigenvalue weighted by atomic mass is 32.1. The molecule has 2 aliphatic rings. The van der Waals surface area contributed by atoms with Gasteiger partial charge in [0.05, 0.1) is 0 Å². The molecule has 0 amide bonds. The van der Waals surface area contributed by atoms with Crippen LogP contribution in [-0.2, 0) is 6.42 Å². The maximum Gasteiger partial charge on any atom is 0.164 e. The van der Waals surface area contributed by atoms with Crippen LogP contribution in [0, 0.1) is 11.8 Å². The number of allylic oxidation sites excluding steroid dienone is 1. The molecule has 2 unspecified atom stereocenters. The molecule has 2 aliphatic carbocycles. The quantitative estimate of drug-likeness (QED) is 0.170. The maximum absolute atomic E-state index is 6.55. The van der Waals surface area contributed by atoms with Crippen LogP contribution < -0.4 is 9.75 Å². The van der Waals surface area contributed by atoms with Gasteiger partial charge in [-0.15, -0.1) is 11.3 Å². The largest absolute Gasteiger partial charge is 0.456 e. The first-order valence-electron chi connectivity index (χ1n) is 19.2. The number of hydrogen-bond donors (Lipinski definition) is 0. The van der Waals surface area contributed by atoms with Crippen molar-refractivity contribution in [3.05, 3.63) is 179 Å². The summed E-state index contributed by atoms with van der Waals surface area (Å²) in [5, 5.41) is 3.94. The molecule has 2 atom stereocenters. The van der Waals surface area contributed by atoms with E-state index in [0.29, 0.717) is 29.3 Å². The molecule has 0 saturated heterocycles. The first-order chi connectivity index (χ1) is 27.7. The number of rotatable bonds is 6. The van der Waals surface area contributed by atoms with E-state index in [9.17, 15) is 0 Å². The van der Waals surface area contributed by atoms with E-state index in [1.807, 2.05) is 72.0 Å². The number of aromatic nitrogens is 3. The molecule has 6 aromatic carbocycles. The molecular weight excluding hydrogens is 703 g/mol. The fourth-order valence-corrected chi connectivity index (χ4v) is 9.88. The minimum atomic E-state index is 0.365. The Labute approximate surface area is 328 Å². The Balaban J connectivity index is 0.959. The molecular formula is C51H35N3OS. The lowest BCUT2D eigenvalue weighted by Gasteiger charge is -2.24. The van der Waals surface area contributed by atoms with Crippen molar-refractivity contribution in [1.29, 1.82) is 0 Å². The van der Waals surface area contributed by atoms with Gasteiger partial charge in [0.1, 0.15) is 11.3 Å². The predicted molar refractivity (Wildman–Crippen MR) is 231 cm³/mol. The fraction of sp³-hybridized carbons (Fsp3) is 0.0784. The monoisotopic (exact) mass is 737 g/mol. The van der Waals surface area contributed by atoms with Crippen molar-refractivity contribution in [3.63, 3.8) is 0 Å². The van der Waals surface area contributed by atoms with Gasteiger partial charge >= 0.3 is 0 Å². The van der Waals surface area contributed by atoms with Crippen LogP contribution in [0.5, 0.6) is 0 Å². The van der Waals surface area contributed by atoms with Crippen molar-refractivity contribution in [2.45, 2.75) is 12.8 Å². The zero-order chi connectivity index (χ0) is 37.0. The molecule has 5 heteroatoms. The van der Waals surface area contributed by atoms with Crippen LogP contribution in [0.25, 0.3) is 95.7 Å². The van der Waals surface area contributed by atoms with Crippen molar-refractivity contribution >= 4 is 50.6 Å². The molecule has 0 spiro atoms. The minimum absolute atomic E-state index is 0.365. The molecule has 0 N–H and O–H groups in total. The van der Waals surface area contributed by atoms with Crippen LogP contribution >= 0.6 is 11.3 Å². The van der Waals surface area contributed by atoms with Gasteiger partial charge in [0.25, 0.3) is 0 Å². The highest BCUT2D eigenvalue weighted by Crippen LogP contribution is 2.42. The second-order valence-corrected chi connectivity index (χ2v) is 15.7. The Kier molecular flexibility index (Phi) is 7.92. The van der Waals surface area contributed by atoms with Gasteiger partial charge in [0.2, 0.25) is 0 Å². The van der Waals surface area contributed by atoms with E-state index in [1.165, 1.54) is 41.9 Å². The maximum atomic E-state index is 6.55. The van der Waals surface area contributed by atoms with Gasteiger partial charge in [-0.3, -0.25) is 0 Å². The highest BCUT2D eigenvalue weighted by Gasteiger charge is 2.28. The van der Waals surface area contributed by atoms with Crippen LogP contribution in [0.15, 0.2) is 162 Å². The molecule has 0 fully saturated rings. The van der Waals surface area contributed by atoms with Crippen molar-refractivity contribution in [2.75, 3.05) is 0 Å². The lowest BCUT2D eigenvalue weighted by Crippen LogP contribution is -2.28. The van der Waals surface area contributed by atoms with Gasteiger partial charge in [-0.1, -0.05) is 158 Å². The number of nitrogens with zero attached hydrogens (tertiary/aromatic N) is 3. The average molecular weight is 738 g/mol. The summed E-state index contributed by atoms with van der Waals surface area (Å²) in [7, 11) is 0. The Morgan fingerprint density at radius 2 is 1.16 bits per heavy atom. The van der Waals surface area contributed by atoms with E-state index in [2.05, 4.69) is 115 Å². The zero-order valence-corrected chi connectivity index (χ0v) is 31.3. The van der Waals surface area contributed by atoms with Crippen LogP contribution in [0.3, 0.4) is 0 Å². The van der Waals surface area contributed by atoms with E-state index in [4.69, 9.17) is 19.4 Å². The number of hydrogen-bond acceptors (Lipinski definition) is 5. The second kappa shape index (κ2) is 13.6. The van der Waals surface area contributed by atoms with Gasteiger partial charge in [0.15, 0.2) is 17.5 Å². The van der Waals surface area contributed by atoms with Gasteiger partial charge in [-0.2, -0.15) is 0 Å². The SMILES string of the molecule is C1=CC(C2C=c3sc4c(-c5ccccc5)cccc4c3=CC2)Cc2c1oc1cccc(-c3cccc(-c4nc(-c5ccccc5)nc(-c5ccccc5)n4)c3)c21. The van der Waals surface area contributed by atoms with Crippen LogP contribution in [-0.4, -0.2) is 15.0 Å². The minimum Gasteiger partial charge on any atom is -0.456 e. The van der Waals surface area contributed by atoms with Crippen molar-refractivity contribution in [2.24, 2.45) is 11.8 Å². The van der Waals surface area contributed by atoms with E-state index in [1.54, 1.807) is 0 Å². The van der Waals surface area contributed by atoms with Crippen LogP contribution in [0.4, 0.5) is 0 Å². The van der Waals surface area contributed by atoms with E-state index in [-0.39, 0.29) is 0 Å². The lowest BCUT2D eigenvalue weighted by molar-refractivity contribution is 0.493. The molecule has 0 aliphatic heterocycles. The normalized spacial score (nSPS) is 15.9. The summed E-state index contributed by atoms with van der Waals surface area (Å²) >= 11 is 1.93. The number of furan rings is 1. The van der Waals surface area contributed by atoms with Gasteiger partial charge in [-0.25, -0.2) is 15.0 Å². The molecule has 0 radical (unpaired) electrons. The summed E-state index contributed by atoms with van der Waals surface area (Å²) in [6.07, 6.45) is 11.6.